The van der Waals surface area contributed by atoms with Gasteiger partial charge in [-0.15, -0.1) is 0 Å². The maximum Gasteiger partial charge on any atom is 0.352 e. The van der Waals surface area contributed by atoms with Gasteiger partial charge in [0.25, 0.3) is 0 Å². The van der Waals surface area contributed by atoms with Crippen molar-refractivity contribution < 1.29 is 9.90 Å². The molecular formula is C15H14BrNO2. The van der Waals surface area contributed by atoms with Gasteiger partial charge in [0.2, 0.25) is 0 Å². The first-order valence-corrected chi connectivity index (χ1v) is 7.09. The molecule has 19 heavy (non-hydrogen) atoms. The van der Waals surface area contributed by atoms with Crippen molar-refractivity contribution in [3.8, 4) is 11.3 Å². The summed E-state index contributed by atoms with van der Waals surface area (Å²) in [5.41, 5.74) is 3.61. The number of nitrogens with zero attached hydrogens (tertiary/aromatic N) is 1. The maximum atomic E-state index is 11.3. The number of hydrogen-bond donors (Lipinski definition) is 1. The Morgan fingerprint density at radius 3 is 2.68 bits per heavy atom. The number of carbonyl (C=O) groups is 1. The van der Waals surface area contributed by atoms with Gasteiger partial charge in [0.1, 0.15) is 5.69 Å². The van der Waals surface area contributed by atoms with Gasteiger partial charge >= 0.3 is 5.97 Å². The lowest BCUT2D eigenvalue weighted by molar-refractivity contribution is 0.0685. The van der Waals surface area contributed by atoms with E-state index in [-0.39, 0.29) is 0 Å². The van der Waals surface area contributed by atoms with E-state index in [1.165, 1.54) is 0 Å². The summed E-state index contributed by atoms with van der Waals surface area (Å²) in [6, 6.07) is 9.99. The third kappa shape index (κ3) is 2.10. The molecule has 0 aliphatic heterocycles. The van der Waals surface area contributed by atoms with Gasteiger partial charge in [-0.05, 0) is 43.5 Å². The molecule has 98 valence electrons. The summed E-state index contributed by atoms with van der Waals surface area (Å²) < 4.78 is 3.02. The number of hydrogen-bond acceptors (Lipinski definition) is 1. The molecule has 1 saturated carbocycles. The van der Waals surface area contributed by atoms with Crippen molar-refractivity contribution in [1.29, 1.82) is 0 Å². The van der Waals surface area contributed by atoms with Gasteiger partial charge < -0.3 is 9.67 Å². The lowest BCUT2D eigenvalue weighted by Crippen LogP contribution is -2.08. The Kier molecular flexibility index (Phi) is 2.97. The van der Waals surface area contributed by atoms with Crippen LogP contribution >= 0.6 is 15.9 Å². The van der Waals surface area contributed by atoms with Crippen LogP contribution in [0, 0.1) is 6.92 Å². The van der Waals surface area contributed by atoms with E-state index in [4.69, 9.17) is 0 Å². The Morgan fingerprint density at radius 2 is 2.05 bits per heavy atom. The molecule has 0 bridgehead atoms. The second kappa shape index (κ2) is 4.53. The smallest absolute Gasteiger partial charge is 0.352 e. The number of aromatic nitrogens is 1. The number of rotatable bonds is 3. The molecule has 3 nitrogen and oxygen atoms in total. The minimum atomic E-state index is -0.856. The number of aromatic carboxylic acids is 1. The lowest BCUT2D eigenvalue weighted by Gasteiger charge is -2.13. The molecule has 1 aromatic heterocycles. The largest absolute Gasteiger partial charge is 0.477 e. The van der Waals surface area contributed by atoms with Gasteiger partial charge in [0.15, 0.2) is 0 Å². The number of carboxylic acids is 1. The van der Waals surface area contributed by atoms with E-state index in [1.807, 2.05) is 35.8 Å². The first-order chi connectivity index (χ1) is 9.09. The zero-order valence-corrected chi connectivity index (χ0v) is 12.1. The minimum Gasteiger partial charge on any atom is -0.477 e. The molecule has 1 heterocycles. The van der Waals surface area contributed by atoms with Gasteiger partial charge in [0, 0.05) is 21.8 Å². The third-order valence-electron chi connectivity index (χ3n) is 3.59. The van der Waals surface area contributed by atoms with E-state index in [0.717, 1.165) is 34.1 Å². The fourth-order valence-electron chi connectivity index (χ4n) is 2.45. The van der Waals surface area contributed by atoms with Crippen molar-refractivity contribution in [2.45, 2.75) is 25.8 Å². The predicted molar refractivity (Wildman–Crippen MR) is 77.5 cm³/mol. The van der Waals surface area contributed by atoms with E-state index in [0.29, 0.717) is 11.7 Å². The fourth-order valence-corrected chi connectivity index (χ4v) is 2.82. The van der Waals surface area contributed by atoms with Crippen LogP contribution in [0.4, 0.5) is 0 Å². The van der Waals surface area contributed by atoms with Gasteiger partial charge in [0.05, 0.1) is 0 Å². The molecule has 0 unspecified atom stereocenters. The molecule has 2 aromatic rings. The van der Waals surface area contributed by atoms with Crippen LogP contribution in [0.3, 0.4) is 0 Å². The van der Waals surface area contributed by atoms with Crippen LogP contribution in [0.1, 0.15) is 34.9 Å². The molecule has 1 aromatic carbocycles. The normalized spacial score (nSPS) is 14.6. The summed E-state index contributed by atoms with van der Waals surface area (Å²) in [5, 5.41) is 9.30. The molecule has 1 aliphatic rings. The van der Waals surface area contributed by atoms with E-state index in [2.05, 4.69) is 15.9 Å². The summed E-state index contributed by atoms with van der Waals surface area (Å²) in [5.74, 6) is -0.856. The monoisotopic (exact) mass is 319 g/mol. The Morgan fingerprint density at radius 1 is 1.32 bits per heavy atom. The van der Waals surface area contributed by atoms with E-state index < -0.39 is 5.97 Å². The molecule has 0 radical (unpaired) electrons. The van der Waals surface area contributed by atoms with Crippen LogP contribution in [-0.4, -0.2) is 15.6 Å². The van der Waals surface area contributed by atoms with Crippen LogP contribution in [0.15, 0.2) is 34.8 Å². The first kappa shape index (κ1) is 12.5. The molecule has 0 saturated heterocycles. The Balaban J connectivity index is 2.20. The molecule has 1 aliphatic carbocycles. The average Bonchev–Trinajstić information content (AvgIpc) is 3.11. The van der Waals surface area contributed by atoms with Crippen molar-refractivity contribution >= 4 is 21.9 Å². The Hall–Kier alpha value is -1.55. The molecule has 0 atom stereocenters. The summed E-state index contributed by atoms with van der Waals surface area (Å²) in [4.78, 5) is 11.3. The van der Waals surface area contributed by atoms with Crippen molar-refractivity contribution in [3.63, 3.8) is 0 Å². The first-order valence-electron chi connectivity index (χ1n) is 6.29. The lowest BCUT2D eigenvalue weighted by atomic mass is 10.1. The predicted octanol–water partition coefficient (Wildman–Crippen LogP) is 4.26. The van der Waals surface area contributed by atoms with Crippen LogP contribution in [0.2, 0.25) is 0 Å². The molecule has 0 amide bonds. The van der Waals surface area contributed by atoms with E-state index in [1.54, 1.807) is 6.07 Å². The highest BCUT2D eigenvalue weighted by atomic mass is 79.9. The second-order valence-electron chi connectivity index (χ2n) is 4.92. The number of halogens is 1. The fraction of sp³-hybridized carbons (Fsp3) is 0.267. The maximum absolute atomic E-state index is 11.3. The standard InChI is InChI=1S/C15H14BrNO2/c1-9-11(3-2-4-12(9)16)13-7-8-14(15(18)19)17(13)10-5-6-10/h2-4,7-8,10H,5-6H2,1H3,(H,18,19). The van der Waals surface area contributed by atoms with Crippen molar-refractivity contribution in [1.82, 2.24) is 4.57 Å². The Bertz CT molecular complexity index is 656. The van der Waals surface area contributed by atoms with Gasteiger partial charge in [-0.25, -0.2) is 4.79 Å². The van der Waals surface area contributed by atoms with Gasteiger partial charge in [-0.2, -0.15) is 0 Å². The molecule has 1 N–H and O–H groups in total. The zero-order chi connectivity index (χ0) is 13.6. The van der Waals surface area contributed by atoms with Crippen molar-refractivity contribution in [3.05, 3.63) is 46.1 Å². The quantitative estimate of drug-likeness (QED) is 0.918. The van der Waals surface area contributed by atoms with Crippen molar-refractivity contribution in [2.75, 3.05) is 0 Å². The highest BCUT2D eigenvalue weighted by molar-refractivity contribution is 9.10. The summed E-state index contributed by atoms with van der Waals surface area (Å²) >= 11 is 3.53. The molecule has 0 spiro atoms. The highest BCUT2D eigenvalue weighted by Gasteiger charge is 2.30. The van der Waals surface area contributed by atoms with Gasteiger partial charge in [-0.3, -0.25) is 0 Å². The average molecular weight is 320 g/mol. The third-order valence-corrected chi connectivity index (χ3v) is 4.45. The molecule has 1 fully saturated rings. The number of carboxylic acid groups (broad SMARTS) is 1. The molecule has 4 heteroatoms. The molecule has 3 rings (SSSR count). The summed E-state index contributed by atoms with van der Waals surface area (Å²) in [7, 11) is 0. The highest BCUT2D eigenvalue weighted by Crippen LogP contribution is 2.41. The van der Waals surface area contributed by atoms with Crippen LogP contribution < -0.4 is 0 Å². The zero-order valence-electron chi connectivity index (χ0n) is 10.6. The van der Waals surface area contributed by atoms with Gasteiger partial charge in [-0.1, -0.05) is 28.1 Å². The minimum absolute atomic E-state index is 0.342. The second-order valence-corrected chi connectivity index (χ2v) is 5.78. The van der Waals surface area contributed by atoms with Crippen LogP contribution in [-0.2, 0) is 0 Å². The number of benzene rings is 1. The Labute approximate surface area is 120 Å². The van der Waals surface area contributed by atoms with E-state index >= 15 is 0 Å². The van der Waals surface area contributed by atoms with E-state index in [9.17, 15) is 9.90 Å². The topological polar surface area (TPSA) is 42.2 Å². The SMILES string of the molecule is Cc1c(Br)cccc1-c1ccc(C(=O)O)n1C1CC1. The summed E-state index contributed by atoms with van der Waals surface area (Å²) in [6.45, 7) is 2.05. The summed E-state index contributed by atoms with van der Waals surface area (Å²) in [6.07, 6.45) is 2.13. The van der Waals surface area contributed by atoms with Crippen LogP contribution in [0.5, 0.6) is 0 Å². The van der Waals surface area contributed by atoms with Crippen molar-refractivity contribution in [2.24, 2.45) is 0 Å². The molecular weight excluding hydrogens is 306 g/mol. The van der Waals surface area contributed by atoms with Crippen LogP contribution in [0.25, 0.3) is 11.3 Å².